The van der Waals surface area contributed by atoms with E-state index in [9.17, 15) is 4.79 Å². The SMILES string of the molecule is CC(C)CCC[C@@H](C)[C@H]1CCC2C3CC=C4C[C@@H](OC(=O)C5(C)COC(C)(C)OC5)CC[C@]4(C)C3CC[C@@]21C. The number of hydrogen-bond donors (Lipinski definition) is 0. The Kier molecular flexibility index (Phi) is 8.17. The summed E-state index contributed by atoms with van der Waals surface area (Å²) in [6.07, 6.45) is 16.7. The van der Waals surface area contributed by atoms with E-state index < -0.39 is 11.2 Å². The number of hydrogen-bond acceptors (Lipinski definition) is 4. The fourth-order valence-corrected chi connectivity index (χ4v) is 9.91. The fourth-order valence-electron chi connectivity index (χ4n) is 9.91. The lowest BCUT2D eigenvalue weighted by atomic mass is 9.47. The predicted molar refractivity (Wildman–Crippen MR) is 157 cm³/mol. The summed E-state index contributed by atoms with van der Waals surface area (Å²) in [5.41, 5.74) is 1.66. The summed E-state index contributed by atoms with van der Waals surface area (Å²) in [6, 6.07) is 0. The summed E-state index contributed by atoms with van der Waals surface area (Å²) in [4.78, 5) is 13.2. The van der Waals surface area contributed by atoms with Crippen molar-refractivity contribution < 1.29 is 19.0 Å². The first kappa shape index (κ1) is 29.6. The van der Waals surface area contributed by atoms with Crippen molar-refractivity contribution in [2.45, 2.75) is 138 Å². The molecule has 0 N–H and O–H groups in total. The van der Waals surface area contributed by atoms with Gasteiger partial charge in [-0.1, -0.05) is 65.5 Å². The molecule has 4 aliphatic carbocycles. The molecule has 0 radical (unpaired) electrons. The molecule has 0 aromatic heterocycles. The zero-order valence-electron chi connectivity index (χ0n) is 26.4. The minimum absolute atomic E-state index is 0.0171. The molecule has 3 saturated carbocycles. The van der Waals surface area contributed by atoms with Gasteiger partial charge in [0.1, 0.15) is 11.5 Å². The minimum atomic E-state index is -0.721. The van der Waals surface area contributed by atoms with Crippen LogP contribution in [0.5, 0.6) is 0 Å². The molecule has 0 amide bonds. The molecule has 5 rings (SSSR count). The summed E-state index contributed by atoms with van der Waals surface area (Å²) in [5.74, 6) is 4.32. The van der Waals surface area contributed by atoms with Gasteiger partial charge in [0.15, 0.2) is 5.79 Å². The van der Waals surface area contributed by atoms with Gasteiger partial charge >= 0.3 is 5.97 Å². The average molecular weight is 543 g/mol. The Morgan fingerprint density at radius 2 is 1.67 bits per heavy atom. The molecule has 0 aromatic carbocycles. The van der Waals surface area contributed by atoms with Crippen LogP contribution in [0.3, 0.4) is 0 Å². The van der Waals surface area contributed by atoms with Crippen molar-refractivity contribution in [2.75, 3.05) is 13.2 Å². The van der Waals surface area contributed by atoms with E-state index in [-0.39, 0.29) is 17.5 Å². The van der Waals surface area contributed by atoms with Crippen LogP contribution in [0, 0.1) is 51.8 Å². The number of carbonyl (C=O) groups excluding carboxylic acids is 1. The first-order valence-corrected chi connectivity index (χ1v) is 16.5. The third-order valence-corrected chi connectivity index (χ3v) is 12.5. The van der Waals surface area contributed by atoms with Gasteiger partial charge in [-0.2, -0.15) is 0 Å². The lowest BCUT2D eigenvalue weighted by Crippen LogP contribution is -2.52. The van der Waals surface area contributed by atoms with Crippen molar-refractivity contribution in [1.82, 2.24) is 0 Å². The molecule has 5 aliphatic rings. The van der Waals surface area contributed by atoms with E-state index in [1.807, 2.05) is 20.8 Å². The topological polar surface area (TPSA) is 44.8 Å². The van der Waals surface area contributed by atoms with Gasteiger partial charge in [0, 0.05) is 6.42 Å². The summed E-state index contributed by atoms with van der Waals surface area (Å²) < 4.78 is 17.8. The minimum Gasteiger partial charge on any atom is -0.461 e. The van der Waals surface area contributed by atoms with Gasteiger partial charge in [-0.3, -0.25) is 4.79 Å². The normalized spacial score (nSPS) is 41.7. The van der Waals surface area contributed by atoms with Gasteiger partial charge in [0.2, 0.25) is 0 Å². The van der Waals surface area contributed by atoms with E-state index in [1.54, 1.807) is 5.57 Å². The molecule has 0 aromatic rings. The Bertz CT molecular complexity index is 925. The Balaban J connectivity index is 1.22. The highest BCUT2D eigenvalue weighted by molar-refractivity contribution is 5.77. The first-order valence-electron chi connectivity index (χ1n) is 16.5. The molecule has 222 valence electrons. The number of ether oxygens (including phenoxy) is 3. The first-order chi connectivity index (χ1) is 18.3. The van der Waals surface area contributed by atoms with Crippen molar-refractivity contribution in [2.24, 2.45) is 51.8 Å². The molecular formula is C35H58O4. The van der Waals surface area contributed by atoms with Gasteiger partial charge in [0.05, 0.1) is 13.2 Å². The second-order valence-corrected chi connectivity index (χ2v) is 16.1. The Morgan fingerprint density at radius 3 is 2.36 bits per heavy atom. The fraction of sp³-hybridized carbons (Fsp3) is 0.914. The van der Waals surface area contributed by atoms with E-state index in [2.05, 4.69) is 40.7 Å². The van der Waals surface area contributed by atoms with E-state index in [0.29, 0.717) is 18.6 Å². The van der Waals surface area contributed by atoms with E-state index >= 15 is 0 Å². The molecule has 1 heterocycles. The summed E-state index contributed by atoms with van der Waals surface area (Å²) in [7, 11) is 0. The van der Waals surface area contributed by atoms with Crippen LogP contribution in [0.15, 0.2) is 11.6 Å². The lowest BCUT2D eigenvalue weighted by molar-refractivity contribution is -0.282. The van der Waals surface area contributed by atoms with Crippen molar-refractivity contribution in [3.05, 3.63) is 11.6 Å². The molecular weight excluding hydrogens is 484 g/mol. The summed E-state index contributed by atoms with van der Waals surface area (Å²) in [5, 5.41) is 0. The quantitative estimate of drug-likeness (QED) is 0.238. The maximum Gasteiger partial charge on any atom is 0.316 e. The predicted octanol–water partition coefficient (Wildman–Crippen LogP) is 8.73. The maximum absolute atomic E-state index is 13.2. The van der Waals surface area contributed by atoms with Gasteiger partial charge < -0.3 is 14.2 Å². The van der Waals surface area contributed by atoms with Crippen molar-refractivity contribution in [3.8, 4) is 0 Å². The van der Waals surface area contributed by atoms with Crippen LogP contribution in [-0.4, -0.2) is 31.1 Å². The van der Waals surface area contributed by atoms with Crippen LogP contribution >= 0.6 is 0 Å². The zero-order chi connectivity index (χ0) is 28.2. The highest BCUT2D eigenvalue weighted by Gasteiger charge is 2.59. The van der Waals surface area contributed by atoms with Crippen molar-refractivity contribution in [1.29, 1.82) is 0 Å². The Morgan fingerprint density at radius 1 is 0.949 bits per heavy atom. The monoisotopic (exact) mass is 542 g/mol. The van der Waals surface area contributed by atoms with Crippen molar-refractivity contribution in [3.63, 3.8) is 0 Å². The maximum atomic E-state index is 13.2. The summed E-state index contributed by atoms with van der Waals surface area (Å²) in [6.45, 7) is 19.0. The van der Waals surface area contributed by atoms with E-state index in [0.717, 1.165) is 54.8 Å². The second-order valence-electron chi connectivity index (χ2n) is 16.1. The number of fused-ring (bicyclic) bond motifs is 5. The van der Waals surface area contributed by atoms with Gasteiger partial charge in [-0.05, 0) is 112 Å². The second kappa shape index (κ2) is 10.8. The van der Waals surface area contributed by atoms with E-state index in [4.69, 9.17) is 14.2 Å². The number of carbonyl (C=O) groups is 1. The Hall–Kier alpha value is -0.870. The lowest BCUT2D eigenvalue weighted by Gasteiger charge is -2.58. The number of rotatable bonds is 7. The largest absolute Gasteiger partial charge is 0.461 e. The zero-order valence-corrected chi connectivity index (χ0v) is 26.4. The van der Waals surface area contributed by atoms with Crippen LogP contribution in [0.2, 0.25) is 0 Å². The van der Waals surface area contributed by atoms with Crippen LogP contribution < -0.4 is 0 Å². The number of allylic oxidation sites excluding steroid dienone is 1. The Labute approximate surface area is 239 Å². The highest BCUT2D eigenvalue weighted by Crippen LogP contribution is 2.67. The summed E-state index contributed by atoms with van der Waals surface area (Å²) >= 11 is 0. The molecule has 4 fully saturated rings. The van der Waals surface area contributed by atoms with Crippen LogP contribution in [-0.2, 0) is 19.0 Å². The molecule has 4 heteroatoms. The molecule has 8 atom stereocenters. The third kappa shape index (κ3) is 5.52. The highest BCUT2D eigenvalue weighted by atomic mass is 16.7. The molecule has 1 aliphatic heterocycles. The van der Waals surface area contributed by atoms with Gasteiger partial charge in [-0.15, -0.1) is 0 Å². The van der Waals surface area contributed by atoms with Gasteiger partial charge in [-0.25, -0.2) is 0 Å². The average Bonchev–Trinajstić information content (AvgIpc) is 3.23. The third-order valence-electron chi connectivity index (χ3n) is 12.5. The number of esters is 1. The smallest absolute Gasteiger partial charge is 0.316 e. The molecule has 1 saturated heterocycles. The molecule has 0 spiro atoms. The van der Waals surface area contributed by atoms with E-state index in [1.165, 1.54) is 51.4 Å². The van der Waals surface area contributed by atoms with Crippen molar-refractivity contribution >= 4 is 5.97 Å². The molecule has 4 nitrogen and oxygen atoms in total. The standard InChI is InChI=1S/C35H58O4/c1-23(2)10-9-11-24(3)28-14-15-29-27-13-12-25-20-26(16-18-34(25,7)30(27)17-19-35(28,29)8)39-31(36)33(6)21-37-32(4,5)38-22-33/h12,23-24,26-30H,9-11,13-22H2,1-8H3/t24-,26+,27?,28-,29?,30?,34+,35-/m1/s1. The molecule has 3 unspecified atom stereocenters. The van der Waals surface area contributed by atoms with Crippen LogP contribution in [0.1, 0.15) is 126 Å². The molecule has 0 bridgehead atoms. The van der Waals surface area contributed by atoms with Crippen LogP contribution in [0.25, 0.3) is 0 Å². The van der Waals surface area contributed by atoms with Crippen LogP contribution in [0.4, 0.5) is 0 Å². The van der Waals surface area contributed by atoms with Gasteiger partial charge in [0.25, 0.3) is 0 Å². The molecule has 39 heavy (non-hydrogen) atoms.